The lowest BCUT2D eigenvalue weighted by Gasteiger charge is -2.13. The van der Waals surface area contributed by atoms with E-state index < -0.39 is 0 Å². The number of aryl methyl sites for hydroxylation is 1. The summed E-state index contributed by atoms with van der Waals surface area (Å²) in [5, 5.41) is 0. The molecule has 1 aliphatic rings. The number of halogens is 1. The Morgan fingerprint density at radius 2 is 2.21 bits per heavy atom. The predicted octanol–water partition coefficient (Wildman–Crippen LogP) is 3.71. The van der Waals surface area contributed by atoms with Crippen molar-refractivity contribution in [1.29, 1.82) is 0 Å². The normalized spacial score (nSPS) is 16.2. The van der Waals surface area contributed by atoms with Gasteiger partial charge in [-0.3, -0.25) is 4.79 Å². The Morgan fingerprint density at radius 3 is 2.84 bits per heavy atom. The number of benzene rings is 1. The Labute approximate surface area is 117 Å². The van der Waals surface area contributed by atoms with Gasteiger partial charge in [0.15, 0.2) is 0 Å². The fourth-order valence-corrected chi connectivity index (χ4v) is 3.56. The Morgan fingerprint density at radius 1 is 1.47 bits per heavy atom. The van der Waals surface area contributed by atoms with Crippen LogP contribution in [-0.4, -0.2) is 18.8 Å². The summed E-state index contributed by atoms with van der Waals surface area (Å²) < 4.78 is 17.9. The van der Waals surface area contributed by atoms with E-state index in [2.05, 4.69) is 0 Å². The topological polar surface area (TPSA) is 26.3 Å². The highest BCUT2D eigenvalue weighted by Crippen LogP contribution is 2.51. The summed E-state index contributed by atoms with van der Waals surface area (Å²) in [6, 6.07) is 4.90. The van der Waals surface area contributed by atoms with Gasteiger partial charge in [-0.2, -0.15) is 11.8 Å². The second-order valence-corrected chi connectivity index (χ2v) is 6.30. The Kier molecular flexibility index (Phi) is 4.50. The number of hydrogen-bond donors (Lipinski definition) is 0. The molecule has 1 saturated carbocycles. The smallest absolute Gasteiger partial charge is 0.306 e. The molecule has 0 aliphatic heterocycles. The summed E-state index contributed by atoms with van der Waals surface area (Å²) in [5.41, 5.74) is 2.30. The molecule has 2 nitrogen and oxygen atoms in total. The van der Waals surface area contributed by atoms with Crippen molar-refractivity contribution in [3.05, 3.63) is 35.1 Å². The van der Waals surface area contributed by atoms with Gasteiger partial charge >= 0.3 is 5.97 Å². The maximum atomic E-state index is 13.2. The van der Waals surface area contributed by atoms with E-state index in [0.717, 1.165) is 35.5 Å². The highest BCUT2D eigenvalue weighted by atomic mass is 32.2. The summed E-state index contributed by atoms with van der Waals surface area (Å²) in [6.45, 7) is 2.00. The van der Waals surface area contributed by atoms with E-state index in [1.54, 1.807) is 17.8 Å². The van der Waals surface area contributed by atoms with Crippen LogP contribution in [0.3, 0.4) is 0 Å². The van der Waals surface area contributed by atoms with Gasteiger partial charge in [-0.25, -0.2) is 4.39 Å². The molecule has 104 valence electrons. The molecule has 0 heterocycles. The number of hydrogen-bond acceptors (Lipinski definition) is 3. The molecule has 0 unspecified atom stereocenters. The summed E-state index contributed by atoms with van der Waals surface area (Å²) in [4.78, 5) is 11.3. The summed E-state index contributed by atoms with van der Waals surface area (Å²) in [5.74, 6) is 1.43. The van der Waals surface area contributed by atoms with Gasteiger partial charge in [-0.1, -0.05) is 6.07 Å². The third kappa shape index (κ3) is 3.96. The van der Waals surface area contributed by atoms with Crippen LogP contribution in [0, 0.1) is 18.2 Å². The summed E-state index contributed by atoms with van der Waals surface area (Å²) >= 11 is 1.78. The van der Waals surface area contributed by atoms with Crippen molar-refractivity contribution in [2.75, 3.05) is 12.9 Å². The van der Waals surface area contributed by atoms with Crippen molar-refractivity contribution in [3.63, 3.8) is 0 Å². The van der Waals surface area contributed by atoms with Crippen molar-refractivity contribution in [2.24, 2.45) is 5.41 Å². The largest absolute Gasteiger partial charge is 0.469 e. The molecule has 1 aliphatic carbocycles. The molecule has 1 aromatic carbocycles. The number of ether oxygens (including phenoxy) is 1. The molecule has 2 rings (SSSR count). The molecule has 0 spiro atoms. The monoisotopic (exact) mass is 282 g/mol. The number of carbonyl (C=O) groups excluding carboxylic acids is 1. The minimum absolute atomic E-state index is 0.125. The number of rotatable bonds is 6. The van der Waals surface area contributed by atoms with Crippen LogP contribution in [0.4, 0.5) is 4.39 Å². The number of thioether (sulfide) groups is 1. The first-order valence-electron chi connectivity index (χ1n) is 6.44. The van der Waals surface area contributed by atoms with E-state index in [-0.39, 0.29) is 17.2 Å². The van der Waals surface area contributed by atoms with Crippen molar-refractivity contribution in [3.8, 4) is 0 Å². The molecule has 0 aromatic heterocycles. The molecule has 1 fully saturated rings. The third-order valence-corrected chi connectivity index (χ3v) is 5.01. The lowest BCUT2D eigenvalue weighted by atomic mass is 10.1. The Balaban J connectivity index is 1.83. The highest BCUT2D eigenvalue weighted by molar-refractivity contribution is 7.98. The van der Waals surface area contributed by atoms with Crippen LogP contribution in [0.2, 0.25) is 0 Å². The van der Waals surface area contributed by atoms with Gasteiger partial charge in [-0.15, -0.1) is 0 Å². The highest BCUT2D eigenvalue weighted by Gasteiger charge is 2.44. The number of methoxy groups -OCH3 is 1. The fraction of sp³-hybridized carbons (Fsp3) is 0.533. The predicted molar refractivity (Wildman–Crippen MR) is 75.6 cm³/mol. The van der Waals surface area contributed by atoms with Crippen LogP contribution in [0.15, 0.2) is 18.2 Å². The first-order chi connectivity index (χ1) is 9.04. The van der Waals surface area contributed by atoms with E-state index in [1.807, 2.05) is 13.0 Å². The van der Waals surface area contributed by atoms with Gasteiger partial charge in [0.25, 0.3) is 0 Å². The maximum Gasteiger partial charge on any atom is 0.306 e. The minimum atomic E-state index is -0.183. The first-order valence-corrected chi connectivity index (χ1v) is 7.60. The molecule has 4 heteroatoms. The van der Waals surface area contributed by atoms with Crippen molar-refractivity contribution in [1.82, 2.24) is 0 Å². The molecule has 0 saturated heterocycles. The van der Waals surface area contributed by atoms with E-state index in [9.17, 15) is 9.18 Å². The molecule has 1 aromatic rings. The molecular weight excluding hydrogens is 263 g/mol. The average molecular weight is 282 g/mol. The second kappa shape index (κ2) is 5.95. The molecule has 19 heavy (non-hydrogen) atoms. The summed E-state index contributed by atoms with van der Waals surface area (Å²) in [7, 11) is 1.43. The van der Waals surface area contributed by atoms with Crippen LogP contribution < -0.4 is 0 Å². The maximum absolute atomic E-state index is 13.2. The van der Waals surface area contributed by atoms with Crippen LogP contribution in [0.25, 0.3) is 0 Å². The Bertz CT molecular complexity index is 469. The molecule has 0 N–H and O–H groups in total. The van der Waals surface area contributed by atoms with Gasteiger partial charge in [0.1, 0.15) is 5.82 Å². The SMILES string of the molecule is COC(=O)CC1(CSCc2cc(F)ccc2C)CC1. The van der Waals surface area contributed by atoms with Crippen molar-refractivity contribution < 1.29 is 13.9 Å². The van der Waals surface area contributed by atoms with E-state index in [0.29, 0.717) is 6.42 Å². The van der Waals surface area contributed by atoms with Gasteiger partial charge in [-0.05, 0) is 54.2 Å². The zero-order chi connectivity index (χ0) is 13.9. The molecule has 0 atom stereocenters. The third-order valence-electron chi connectivity index (χ3n) is 3.68. The molecular formula is C15H19FO2S. The van der Waals surface area contributed by atoms with Gasteiger partial charge in [0.2, 0.25) is 0 Å². The number of carbonyl (C=O) groups is 1. The second-order valence-electron chi connectivity index (χ2n) is 5.32. The first kappa shape index (κ1) is 14.4. The number of esters is 1. The van der Waals surface area contributed by atoms with Crippen LogP contribution in [0.5, 0.6) is 0 Å². The van der Waals surface area contributed by atoms with Gasteiger partial charge < -0.3 is 4.74 Å². The average Bonchev–Trinajstić information content (AvgIpc) is 3.13. The zero-order valence-electron chi connectivity index (χ0n) is 11.4. The quantitative estimate of drug-likeness (QED) is 0.744. The van der Waals surface area contributed by atoms with Gasteiger partial charge in [0, 0.05) is 5.75 Å². The van der Waals surface area contributed by atoms with Crippen molar-refractivity contribution in [2.45, 2.75) is 31.9 Å². The van der Waals surface area contributed by atoms with E-state index in [4.69, 9.17) is 4.74 Å². The van der Waals surface area contributed by atoms with Crippen LogP contribution in [-0.2, 0) is 15.3 Å². The molecule has 0 amide bonds. The summed E-state index contributed by atoms with van der Waals surface area (Å²) in [6.07, 6.45) is 2.70. The van der Waals surface area contributed by atoms with E-state index >= 15 is 0 Å². The van der Waals surface area contributed by atoms with Crippen LogP contribution in [0.1, 0.15) is 30.4 Å². The molecule has 0 radical (unpaired) electrons. The lowest BCUT2D eigenvalue weighted by molar-refractivity contribution is -0.141. The zero-order valence-corrected chi connectivity index (χ0v) is 12.2. The lowest BCUT2D eigenvalue weighted by Crippen LogP contribution is -2.13. The van der Waals surface area contributed by atoms with Crippen LogP contribution >= 0.6 is 11.8 Å². The Hall–Kier alpha value is -1.03. The minimum Gasteiger partial charge on any atom is -0.469 e. The van der Waals surface area contributed by atoms with E-state index in [1.165, 1.54) is 13.2 Å². The van der Waals surface area contributed by atoms with Gasteiger partial charge in [0.05, 0.1) is 13.5 Å². The van der Waals surface area contributed by atoms with Crippen molar-refractivity contribution >= 4 is 17.7 Å². The standard InChI is InChI=1S/C15H19FO2S/c1-11-3-4-13(16)7-12(11)9-19-10-15(5-6-15)8-14(17)18-2/h3-4,7H,5-6,8-10H2,1-2H3. The fourth-order valence-electron chi connectivity index (χ4n) is 2.10. The molecule has 0 bridgehead atoms.